The SMILES string of the molecule is C[C@H](CNC(=O)c1cc(F)c(-c2cn[nH]c2)nc1NCCc1cccc(F)c1)C(=O)O. The molecular weight excluding hydrogens is 408 g/mol. The number of carbonyl (C=O) groups excluding carboxylic acids is 1. The van der Waals surface area contributed by atoms with Crippen molar-refractivity contribution in [3.05, 3.63) is 65.5 Å². The Bertz CT molecular complexity index is 1070. The Morgan fingerprint density at radius 2 is 2.06 bits per heavy atom. The highest BCUT2D eigenvalue weighted by molar-refractivity contribution is 5.99. The van der Waals surface area contributed by atoms with Crippen LogP contribution in [-0.4, -0.2) is 45.3 Å². The quantitative estimate of drug-likeness (QED) is 0.415. The number of H-pyrrole nitrogens is 1. The number of rotatable bonds is 9. The minimum absolute atomic E-state index is 0.00235. The zero-order valence-corrected chi connectivity index (χ0v) is 16.7. The van der Waals surface area contributed by atoms with Crippen LogP contribution in [0.5, 0.6) is 0 Å². The maximum Gasteiger partial charge on any atom is 0.308 e. The molecule has 3 rings (SSSR count). The number of amides is 1. The van der Waals surface area contributed by atoms with E-state index in [-0.39, 0.29) is 29.4 Å². The molecule has 0 aliphatic rings. The van der Waals surface area contributed by atoms with E-state index in [0.29, 0.717) is 18.5 Å². The molecule has 8 nitrogen and oxygen atoms in total. The fourth-order valence-corrected chi connectivity index (χ4v) is 2.83. The average molecular weight is 429 g/mol. The van der Waals surface area contributed by atoms with Crippen LogP contribution in [0.4, 0.5) is 14.6 Å². The van der Waals surface area contributed by atoms with Gasteiger partial charge >= 0.3 is 5.97 Å². The van der Waals surface area contributed by atoms with Crippen molar-refractivity contribution < 1.29 is 23.5 Å². The number of anilines is 1. The fraction of sp³-hybridized carbons (Fsp3) is 0.238. The number of benzene rings is 1. The topological polar surface area (TPSA) is 120 Å². The molecule has 1 atom stereocenters. The minimum atomic E-state index is -1.06. The van der Waals surface area contributed by atoms with Gasteiger partial charge in [0.25, 0.3) is 5.91 Å². The highest BCUT2D eigenvalue weighted by atomic mass is 19.1. The molecule has 10 heteroatoms. The first-order valence-corrected chi connectivity index (χ1v) is 9.54. The Morgan fingerprint density at radius 3 is 2.74 bits per heavy atom. The molecule has 1 amide bonds. The summed E-state index contributed by atoms with van der Waals surface area (Å²) in [4.78, 5) is 27.8. The van der Waals surface area contributed by atoms with E-state index in [1.54, 1.807) is 12.1 Å². The van der Waals surface area contributed by atoms with Crippen molar-refractivity contribution in [2.75, 3.05) is 18.4 Å². The van der Waals surface area contributed by atoms with Crippen molar-refractivity contribution in [3.8, 4) is 11.3 Å². The first kappa shape index (κ1) is 21.9. The van der Waals surface area contributed by atoms with Crippen LogP contribution in [0.1, 0.15) is 22.8 Å². The normalized spacial score (nSPS) is 11.7. The van der Waals surface area contributed by atoms with Crippen LogP contribution < -0.4 is 10.6 Å². The lowest BCUT2D eigenvalue weighted by Crippen LogP contribution is -2.32. The van der Waals surface area contributed by atoms with Gasteiger partial charge in [0.2, 0.25) is 0 Å². The molecule has 0 bridgehead atoms. The lowest BCUT2D eigenvalue weighted by atomic mass is 10.1. The van der Waals surface area contributed by atoms with Crippen LogP contribution in [0.25, 0.3) is 11.3 Å². The molecular formula is C21H21F2N5O3. The Hall–Kier alpha value is -3.82. The number of aromatic nitrogens is 3. The summed E-state index contributed by atoms with van der Waals surface area (Å²) >= 11 is 0. The van der Waals surface area contributed by atoms with Crippen molar-refractivity contribution in [3.63, 3.8) is 0 Å². The third kappa shape index (κ3) is 5.62. The van der Waals surface area contributed by atoms with Gasteiger partial charge in [0.1, 0.15) is 17.3 Å². The highest BCUT2D eigenvalue weighted by Crippen LogP contribution is 2.25. The number of carbonyl (C=O) groups is 2. The van der Waals surface area contributed by atoms with Crippen LogP contribution in [0.2, 0.25) is 0 Å². The number of hydrogen-bond acceptors (Lipinski definition) is 5. The molecule has 31 heavy (non-hydrogen) atoms. The summed E-state index contributed by atoms with van der Waals surface area (Å²) in [6.45, 7) is 1.63. The second kappa shape index (κ2) is 9.79. The van der Waals surface area contributed by atoms with Gasteiger partial charge in [-0.2, -0.15) is 5.10 Å². The van der Waals surface area contributed by atoms with Crippen LogP contribution in [0.15, 0.2) is 42.7 Å². The molecule has 0 spiro atoms. The molecule has 2 aromatic heterocycles. The van der Waals surface area contributed by atoms with Crippen LogP contribution in [0.3, 0.4) is 0 Å². The molecule has 0 saturated heterocycles. The molecule has 0 unspecified atom stereocenters. The molecule has 2 heterocycles. The van der Waals surface area contributed by atoms with Crippen molar-refractivity contribution in [2.24, 2.45) is 5.92 Å². The predicted molar refractivity (Wildman–Crippen MR) is 110 cm³/mol. The molecule has 4 N–H and O–H groups in total. The van der Waals surface area contributed by atoms with Crippen molar-refractivity contribution in [1.29, 1.82) is 0 Å². The third-order valence-electron chi connectivity index (χ3n) is 4.58. The highest BCUT2D eigenvalue weighted by Gasteiger charge is 2.20. The smallest absolute Gasteiger partial charge is 0.308 e. The summed E-state index contributed by atoms with van der Waals surface area (Å²) in [6.07, 6.45) is 3.31. The van der Waals surface area contributed by atoms with E-state index in [9.17, 15) is 18.4 Å². The van der Waals surface area contributed by atoms with Gasteiger partial charge < -0.3 is 15.7 Å². The third-order valence-corrected chi connectivity index (χ3v) is 4.58. The number of aromatic amines is 1. The molecule has 0 radical (unpaired) electrons. The van der Waals surface area contributed by atoms with Crippen LogP contribution in [0, 0.1) is 17.6 Å². The fourth-order valence-electron chi connectivity index (χ4n) is 2.83. The largest absolute Gasteiger partial charge is 0.481 e. The molecule has 162 valence electrons. The Morgan fingerprint density at radius 1 is 1.26 bits per heavy atom. The molecule has 1 aromatic carbocycles. The number of halogens is 2. The average Bonchev–Trinajstić information content (AvgIpc) is 3.27. The van der Waals surface area contributed by atoms with Crippen molar-refractivity contribution >= 4 is 17.7 Å². The Balaban J connectivity index is 1.83. The number of nitrogens with one attached hydrogen (secondary N) is 3. The number of hydrogen-bond donors (Lipinski definition) is 4. The summed E-state index contributed by atoms with van der Waals surface area (Å²) in [7, 11) is 0. The van der Waals surface area contributed by atoms with Crippen LogP contribution >= 0.6 is 0 Å². The van der Waals surface area contributed by atoms with E-state index in [0.717, 1.165) is 11.6 Å². The van der Waals surface area contributed by atoms with E-state index in [1.165, 1.54) is 31.5 Å². The Labute approximate surface area is 176 Å². The van der Waals surface area contributed by atoms with E-state index >= 15 is 0 Å². The zero-order valence-electron chi connectivity index (χ0n) is 16.7. The van der Waals surface area contributed by atoms with Gasteiger partial charge in [-0.15, -0.1) is 0 Å². The van der Waals surface area contributed by atoms with Gasteiger partial charge in [0.05, 0.1) is 17.7 Å². The lowest BCUT2D eigenvalue weighted by Gasteiger charge is -2.14. The van der Waals surface area contributed by atoms with Crippen molar-refractivity contribution in [2.45, 2.75) is 13.3 Å². The summed E-state index contributed by atoms with van der Waals surface area (Å²) in [6, 6.07) is 7.15. The van der Waals surface area contributed by atoms with Crippen LogP contribution in [-0.2, 0) is 11.2 Å². The summed E-state index contributed by atoms with van der Waals surface area (Å²) in [5, 5.41) is 20.8. The molecule has 3 aromatic rings. The second-order valence-corrected chi connectivity index (χ2v) is 6.96. The zero-order chi connectivity index (χ0) is 22.4. The van der Waals surface area contributed by atoms with Crippen molar-refractivity contribution in [1.82, 2.24) is 20.5 Å². The number of carboxylic acid groups (broad SMARTS) is 1. The maximum atomic E-state index is 14.7. The van der Waals surface area contributed by atoms with E-state index < -0.39 is 23.6 Å². The maximum absolute atomic E-state index is 14.7. The summed E-state index contributed by atoms with van der Waals surface area (Å²) < 4.78 is 28.0. The molecule has 0 fully saturated rings. The minimum Gasteiger partial charge on any atom is -0.481 e. The standard InChI is InChI=1S/C21H21F2N5O3/c1-12(21(30)31)9-25-20(29)16-8-17(23)18(14-10-26-27-11-14)28-19(16)24-6-5-13-3-2-4-15(22)7-13/h2-4,7-8,10-12H,5-6,9H2,1H3,(H,24,28)(H,25,29)(H,26,27)(H,30,31)/t12-/m1/s1. The summed E-state index contributed by atoms with van der Waals surface area (Å²) in [5.74, 6) is -3.49. The molecule has 0 saturated carbocycles. The number of carboxylic acids is 1. The number of nitrogens with zero attached hydrogens (tertiary/aromatic N) is 2. The first-order chi connectivity index (χ1) is 14.8. The summed E-state index contributed by atoms with van der Waals surface area (Å²) in [5.41, 5.74) is 1.07. The molecule has 0 aliphatic heterocycles. The van der Waals surface area contributed by atoms with Gasteiger partial charge in [-0.3, -0.25) is 14.7 Å². The second-order valence-electron chi connectivity index (χ2n) is 6.96. The first-order valence-electron chi connectivity index (χ1n) is 9.54. The van der Waals surface area contributed by atoms with Gasteiger partial charge in [-0.05, 0) is 30.2 Å². The van der Waals surface area contributed by atoms with Gasteiger partial charge in [-0.1, -0.05) is 19.1 Å². The number of pyridine rings is 1. The van der Waals surface area contributed by atoms with Gasteiger partial charge in [0.15, 0.2) is 5.82 Å². The van der Waals surface area contributed by atoms with E-state index in [4.69, 9.17) is 5.11 Å². The van der Waals surface area contributed by atoms with Gasteiger partial charge in [0, 0.05) is 24.8 Å². The number of aliphatic carboxylic acids is 1. The van der Waals surface area contributed by atoms with E-state index in [2.05, 4.69) is 25.8 Å². The predicted octanol–water partition coefficient (Wildman–Crippen LogP) is 2.86. The monoisotopic (exact) mass is 429 g/mol. The van der Waals surface area contributed by atoms with E-state index in [1.807, 2.05) is 0 Å². The molecule has 0 aliphatic carbocycles. The van der Waals surface area contributed by atoms with Gasteiger partial charge in [-0.25, -0.2) is 13.8 Å². The lowest BCUT2D eigenvalue weighted by molar-refractivity contribution is -0.140. The Kier molecular flexibility index (Phi) is 6.91.